The number of aryl methyl sites for hydroxylation is 1. The van der Waals surface area contributed by atoms with Gasteiger partial charge in [0.25, 0.3) is 5.91 Å². The minimum Gasteiger partial charge on any atom is -0.489 e. The molecular weight excluding hydrogens is 243 g/mol. The summed E-state index contributed by atoms with van der Waals surface area (Å²) in [6.45, 7) is 2.11. The zero-order chi connectivity index (χ0) is 14.0. The first-order valence-electron chi connectivity index (χ1n) is 6.12. The number of amides is 2. The van der Waals surface area contributed by atoms with Gasteiger partial charge >= 0.3 is 0 Å². The summed E-state index contributed by atoms with van der Waals surface area (Å²) >= 11 is 0. The molecule has 0 spiro atoms. The Bertz CT molecular complexity index is 519. The molecule has 1 aliphatic rings. The molecule has 1 unspecified atom stereocenters. The number of hydrogen-bond donors (Lipinski definition) is 1. The fourth-order valence-electron chi connectivity index (χ4n) is 2.04. The van der Waals surface area contributed by atoms with Gasteiger partial charge in [-0.3, -0.25) is 9.59 Å². The molecule has 1 atom stereocenters. The Kier molecular flexibility index (Phi) is 3.78. The number of ether oxygens (including phenoxy) is 1. The lowest BCUT2D eigenvalue weighted by Crippen LogP contribution is -2.49. The summed E-state index contributed by atoms with van der Waals surface area (Å²) in [5.74, 6) is -0.358. The van der Waals surface area contributed by atoms with Crippen LogP contribution in [0.15, 0.2) is 18.2 Å². The zero-order valence-corrected chi connectivity index (χ0v) is 11.0. The molecule has 1 aromatic carbocycles. The summed E-state index contributed by atoms with van der Waals surface area (Å²) < 4.78 is 5.57. The molecule has 0 bridgehead atoms. The van der Waals surface area contributed by atoms with Gasteiger partial charge in [0, 0.05) is 7.05 Å². The Morgan fingerprint density at radius 3 is 2.95 bits per heavy atom. The highest BCUT2D eigenvalue weighted by Gasteiger charge is 2.29. The van der Waals surface area contributed by atoms with E-state index in [2.05, 4.69) is 5.32 Å². The Labute approximate surface area is 113 Å². The second kappa shape index (κ2) is 5.34. The SMILES string of the molecule is [B]C(=O)NC1COc2ccc(CC)cc2N(C)C1=O. The van der Waals surface area contributed by atoms with Crippen LogP contribution in [0.1, 0.15) is 12.5 Å². The molecule has 1 aliphatic heterocycles. The number of anilines is 1. The lowest BCUT2D eigenvalue weighted by atomic mass is 10.1. The molecule has 5 nitrogen and oxygen atoms in total. The predicted molar refractivity (Wildman–Crippen MR) is 72.8 cm³/mol. The van der Waals surface area contributed by atoms with E-state index in [4.69, 9.17) is 12.6 Å². The number of nitrogens with one attached hydrogen (secondary N) is 1. The average Bonchev–Trinajstić information content (AvgIpc) is 2.50. The molecule has 0 saturated carbocycles. The predicted octanol–water partition coefficient (Wildman–Crippen LogP) is 0.851. The van der Waals surface area contributed by atoms with Crippen LogP contribution in [0, 0.1) is 0 Å². The van der Waals surface area contributed by atoms with Crippen LogP contribution in [-0.4, -0.2) is 39.3 Å². The minimum absolute atomic E-state index is 0.0740. The summed E-state index contributed by atoms with van der Waals surface area (Å²) in [5.41, 5.74) is 1.82. The third-order valence-corrected chi connectivity index (χ3v) is 3.14. The van der Waals surface area contributed by atoms with Gasteiger partial charge in [-0.2, -0.15) is 0 Å². The average molecular weight is 258 g/mol. The van der Waals surface area contributed by atoms with E-state index in [1.807, 2.05) is 25.1 Å². The molecule has 0 saturated heterocycles. The van der Waals surface area contributed by atoms with Crippen molar-refractivity contribution in [2.75, 3.05) is 18.6 Å². The first-order chi connectivity index (χ1) is 9.02. The van der Waals surface area contributed by atoms with E-state index in [0.29, 0.717) is 11.4 Å². The van der Waals surface area contributed by atoms with Crippen molar-refractivity contribution in [2.24, 2.45) is 0 Å². The van der Waals surface area contributed by atoms with E-state index in [-0.39, 0.29) is 12.5 Å². The highest BCUT2D eigenvalue weighted by molar-refractivity contribution is 6.57. The Morgan fingerprint density at radius 2 is 2.32 bits per heavy atom. The molecule has 0 aromatic heterocycles. The summed E-state index contributed by atoms with van der Waals surface area (Å²) in [6, 6.07) is 4.95. The van der Waals surface area contributed by atoms with Gasteiger partial charge in [0.15, 0.2) is 5.81 Å². The van der Waals surface area contributed by atoms with Gasteiger partial charge in [-0.1, -0.05) is 13.0 Å². The van der Waals surface area contributed by atoms with Crippen LogP contribution >= 0.6 is 0 Å². The van der Waals surface area contributed by atoms with Crippen molar-refractivity contribution in [1.29, 1.82) is 0 Å². The van der Waals surface area contributed by atoms with Crippen LogP contribution in [0.3, 0.4) is 0 Å². The van der Waals surface area contributed by atoms with Crippen molar-refractivity contribution < 1.29 is 14.3 Å². The fraction of sp³-hybridized carbons (Fsp3) is 0.385. The lowest BCUT2D eigenvalue weighted by molar-refractivity contribution is -0.120. The fourth-order valence-corrected chi connectivity index (χ4v) is 2.04. The molecule has 1 N–H and O–H groups in total. The van der Waals surface area contributed by atoms with Gasteiger partial charge in [0.2, 0.25) is 7.85 Å². The molecular formula is C13H15BN2O3. The molecule has 2 amide bonds. The van der Waals surface area contributed by atoms with Crippen molar-refractivity contribution in [3.63, 3.8) is 0 Å². The number of carbonyl (C=O) groups is 2. The zero-order valence-electron chi connectivity index (χ0n) is 11.0. The van der Waals surface area contributed by atoms with Crippen molar-refractivity contribution >= 4 is 25.2 Å². The van der Waals surface area contributed by atoms with Gasteiger partial charge in [0.1, 0.15) is 18.4 Å². The topological polar surface area (TPSA) is 58.6 Å². The van der Waals surface area contributed by atoms with Crippen molar-refractivity contribution in [2.45, 2.75) is 19.4 Å². The third-order valence-electron chi connectivity index (χ3n) is 3.14. The molecule has 2 rings (SSSR count). The molecule has 19 heavy (non-hydrogen) atoms. The quantitative estimate of drug-likeness (QED) is 0.800. The largest absolute Gasteiger partial charge is 0.489 e. The standard InChI is InChI=1S/C13H15BN2O3/c1-3-8-4-5-11-10(6-8)16(2)12(17)9(7-19-11)15-13(14)18/h4-6,9H,3,7H2,1-2H3,(H,15,18). The van der Waals surface area contributed by atoms with Crippen molar-refractivity contribution in [1.82, 2.24) is 5.32 Å². The van der Waals surface area contributed by atoms with Crippen LogP contribution in [0.4, 0.5) is 10.5 Å². The smallest absolute Gasteiger partial charge is 0.252 e. The molecule has 0 aliphatic carbocycles. The highest BCUT2D eigenvalue weighted by Crippen LogP contribution is 2.31. The summed E-state index contributed by atoms with van der Waals surface area (Å²) in [6.07, 6.45) is 0.873. The minimum atomic E-state index is -0.764. The van der Waals surface area contributed by atoms with Gasteiger partial charge in [-0.05, 0) is 24.1 Å². The summed E-state index contributed by atoms with van der Waals surface area (Å²) in [4.78, 5) is 24.6. The van der Waals surface area contributed by atoms with Crippen LogP contribution in [0.25, 0.3) is 0 Å². The molecule has 1 heterocycles. The van der Waals surface area contributed by atoms with Crippen LogP contribution in [-0.2, 0) is 11.2 Å². The van der Waals surface area contributed by atoms with Crippen LogP contribution in [0.5, 0.6) is 5.75 Å². The monoisotopic (exact) mass is 258 g/mol. The number of carbonyl (C=O) groups excluding carboxylic acids is 2. The van der Waals surface area contributed by atoms with E-state index in [1.54, 1.807) is 7.05 Å². The molecule has 1 aromatic rings. The van der Waals surface area contributed by atoms with Gasteiger partial charge in [0.05, 0.1) is 5.69 Å². The van der Waals surface area contributed by atoms with E-state index in [1.165, 1.54) is 4.90 Å². The third kappa shape index (κ3) is 2.72. The molecule has 0 fully saturated rings. The summed E-state index contributed by atoms with van der Waals surface area (Å²) in [7, 11) is 6.71. The highest BCUT2D eigenvalue weighted by atomic mass is 16.5. The van der Waals surface area contributed by atoms with Gasteiger partial charge < -0.3 is 15.0 Å². The number of fused-ring (bicyclic) bond motifs is 1. The number of likely N-dealkylation sites (N-methyl/N-ethyl adjacent to an activating group) is 1. The lowest BCUT2D eigenvalue weighted by Gasteiger charge is -2.20. The normalized spacial score (nSPS) is 18.3. The number of rotatable bonds is 2. The second-order valence-corrected chi connectivity index (χ2v) is 4.43. The first kappa shape index (κ1) is 13.5. The Hall–Kier alpha value is -1.98. The molecule has 98 valence electrons. The number of nitrogens with zero attached hydrogens (tertiary/aromatic N) is 1. The van der Waals surface area contributed by atoms with Crippen molar-refractivity contribution in [3.8, 4) is 5.75 Å². The maximum absolute atomic E-state index is 12.2. The molecule has 2 radical (unpaired) electrons. The van der Waals surface area contributed by atoms with Crippen LogP contribution in [0.2, 0.25) is 0 Å². The Morgan fingerprint density at radius 1 is 1.58 bits per heavy atom. The second-order valence-electron chi connectivity index (χ2n) is 4.43. The van der Waals surface area contributed by atoms with E-state index in [0.717, 1.165) is 12.0 Å². The van der Waals surface area contributed by atoms with Gasteiger partial charge in [-0.25, -0.2) is 0 Å². The van der Waals surface area contributed by atoms with Crippen LogP contribution < -0.4 is 15.0 Å². The van der Waals surface area contributed by atoms with E-state index >= 15 is 0 Å². The number of hydrogen-bond acceptors (Lipinski definition) is 3. The maximum Gasteiger partial charge on any atom is 0.252 e. The number of benzene rings is 1. The van der Waals surface area contributed by atoms with Gasteiger partial charge in [-0.15, -0.1) is 0 Å². The Balaban J connectivity index is 2.33. The van der Waals surface area contributed by atoms with E-state index in [9.17, 15) is 9.59 Å². The molecule has 6 heteroatoms. The summed E-state index contributed by atoms with van der Waals surface area (Å²) in [5, 5.41) is 2.39. The van der Waals surface area contributed by atoms with Crippen molar-refractivity contribution in [3.05, 3.63) is 23.8 Å². The maximum atomic E-state index is 12.2. The van der Waals surface area contributed by atoms with E-state index < -0.39 is 11.8 Å². The first-order valence-corrected chi connectivity index (χ1v) is 6.12.